The zero-order chi connectivity index (χ0) is 21.2. The molecule has 152 valence electrons. The van der Waals surface area contributed by atoms with Gasteiger partial charge in [0.05, 0.1) is 11.1 Å². The van der Waals surface area contributed by atoms with Gasteiger partial charge in [0.2, 0.25) is 0 Å². The monoisotopic (exact) mass is 398 g/mol. The Morgan fingerprint density at radius 1 is 1.07 bits per heavy atom. The molecule has 1 aliphatic heterocycles. The van der Waals surface area contributed by atoms with Crippen LogP contribution in [0.3, 0.4) is 0 Å². The zero-order valence-electron chi connectivity index (χ0n) is 16.3. The third kappa shape index (κ3) is 4.16. The number of aromatic carboxylic acids is 1. The fraction of sp³-hybridized carbons (Fsp3) is 0.273. The van der Waals surface area contributed by atoms with Crippen LogP contribution in [-0.2, 0) is 4.74 Å². The van der Waals surface area contributed by atoms with Gasteiger partial charge in [-0.1, -0.05) is 18.2 Å². The summed E-state index contributed by atoms with van der Waals surface area (Å²) in [4.78, 5) is 21.7. The van der Waals surface area contributed by atoms with Gasteiger partial charge in [0.15, 0.2) is 0 Å². The SMILES string of the molecule is CO[C@H]1c2c(ccc3ccc(=O)oc23)OC(C)(C)[C@@H]1O.O=C(O)c1ccccc1. The van der Waals surface area contributed by atoms with E-state index in [1.54, 1.807) is 56.3 Å². The number of hydrogen-bond donors (Lipinski definition) is 2. The van der Waals surface area contributed by atoms with Crippen LogP contribution < -0.4 is 10.4 Å². The smallest absolute Gasteiger partial charge is 0.336 e. The van der Waals surface area contributed by atoms with Crippen LogP contribution >= 0.6 is 0 Å². The molecule has 0 amide bonds. The Balaban J connectivity index is 0.000000224. The Morgan fingerprint density at radius 2 is 1.72 bits per heavy atom. The minimum atomic E-state index is -0.879. The van der Waals surface area contributed by atoms with Crippen LogP contribution in [0, 0.1) is 0 Å². The number of benzene rings is 2. The van der Waals surface area contributed by atoms with Gasteiger partial charge in [-0.05, 0) is 44.2 Å². The number of carboxylic acids is 1. The maximum Gasteiger partial charge on any atom is 0.336 e. The van der Waals surface area contributed by atoms with Crippen molar-refractivity contribution in [1.29, 1.82) is 0 Å². The quantitative estimate of drug-likeness (QED) is 0.637. The van der Waals surface area contributed by atoms with E-state index in [0.717, 1.165) is 5.39 Å². The van der Waals surface area contributed by atoms with Gasteiger partial charge in [-0.2, -0.15) is 0 Å². The largest absolute Gasteiger partial charge is 0.485 e. The van der Waals surface area contributed by atoms with Crippen LogP contribution in [0.4, 0.5) is 0 Å². The van der Waals surface area contributed by atoms with Crippen molar-refractivity contribution in [2.24, 2.45) is 0 Å². The summed E-state index contributed by atoms with van der Waals surface area (Å²) in [5.74, 6) is -0.315. The number of ether oxygens (including phenoxy) is 2. The first-order chi connectivity index (χ1) is 13.7. The molecule has 29 heavy (non-hydrogen) atoms. The summed E-state index contributed by atoms with van der Waals surface area (Å²) in [6, 6.07) is 15.0. The first kappa shape index (κ1) is 20.6. The summed E-state index contributed by atoms with van der Waals surface area (Å²) in [6.07, 6.45) is -1.47. The molecule has 7 nitrogen and oxygen atoms in total. The maximum atomic E-state index is 11.5. The highest BCUT2D eigenvalue weighted by Gasteiger charge is 2.44. The van der Waals surface area contributed by atoms with Gasteiger partial charge >= 0.3 is 11.6 Å². The third-order valence-corrected chi connectivity index (χ3v) is 4.72. The average Bonchev–Trinajstić information content (AvgIpc) is 2.70. The van der Waals surface area contributed by atoms with E-state index >= 15 is 0 Å². The van der Waals surface area contributed by atoms with Crippen molar-refractivity contribution in [3.05, 3.63) is 76.1 Å². The predicted molar refractivity (Wildman–Crippen MR) is 106 cm³/mol. The molecule has 2 N–H and O–H groups in total. The van der Waals surface area contributed by atoms with Gasteiger partial charge in [-0.25, -0.2) is 9.59 Å². The van der Waals surface area contributed by atoms with Crippen LogP contribution in [0.25, 0.3) is 11.0 Å². The molecule has 1 aromatic heterocycles. The normalized spacial score (nSPS) is 19.4. The number of rotatable bonds is 2. The standard InChI is InChI=1S/C15H16O5.C7H6O2/c1-15(2)14(17)13(18-3)11-9(20-15)6-4-8-5-7-10(16)19-12(8)11;8-7(9)6-4-2-1-3-5-6/h4-7,13-14,17H,1-3H3;1-5H,(H,8,9)/t13-,14+;/m0./s1. The van der Waals surface area contributed by atoms with Gasteiger partial charge in [0.25, 0.3) is 0 Å². The van der Waals surface area contributed by atoms with Gasteiger partial charge in [-0.3, -0.25) is 0 Å². The highest BCUT2D eigenvalue weighted by atomic mass is 16.5. The van der Waals surface area contributed by atoms with Crippen molar-refractivity contribution >= 4 is 16.9 Å². The van der Waals surface area contributed by atoms with E-state index in [2.05, 4.69) is 0 Å². The first-order valence-electron chi connectivity index (χ1n) is 8.99. The van der Waals surface area contributed by atoms with Crippen LogP contribution in [0.2, 0.25) is 0 Å². The third-order valence-electron chi connectivity index (χ3n) is 4.72. The van der Waals surface area contributed by atoms with E-state index in [1.165, 1.54) is 13.2 Å². The topological polar surface area (TPSA) is 106 Å². The maximum absolute atomic E-state index is 11.5. The summed E-state index contributed by atoms with van der Waals surface area (Å²) in [5.41, 5.74) is 0.0830. The fourth-order valence-corrected chi connectivity index (χ4v) is 3.19. The second-order valence-corrected chi connectivity index (χ2v) is 7.13. The molecule has 3 aromatic rings. The van der Waals surface area contributed by atoms with Crippen LogP contribution in [-0.4, -0.2) is 35.0 Å². The number of aliphatic hydroxyl groups excluding tert-OH is 1. The number of hydrogen-bond acceptors (Lipinski definition) is 6. The first-order valence-corrected chi connectivity index (χ1v) is 8.99. The Hall–Kier alpha value is -3.16. The summed E-state index contributed by atoms with van der Waals surface area (Å²) in [6.45, 7) is 3.58. The van der Waals surface area contributed by atoms with E-state index in [4.69, 9.17) is 19.0 Å². The molecule has 1 aliphatic rings. The molecule has 0 spiro atoms. The molecule has 0 unspecified atom stereocenters. The number of aliphatic hydroxyl groups is 1. The summed E-state index contributed by atoms with van der Waals surface area (Å²) < 4.78 is 16.5. The number of carbonyl (C=O) groups is 1. The van der Waals surface area contributed by atoms with E-state index in [1.807, 2.05) is 6.07 Å². The molecule has 0 radical (unpaired) electrons. The van der Waals surface area contributed by atoms with Gasteiger partial charge in [-0.15, -0.1) is 0 Å². The molecule has 0 aliphatic carbocycles. The van der Waals surface area contributed by atoms with E-state index in [9.17, 15) is 14.7 Å². The second kappa shape index (κ2) is 8.06. The Kier molecular flexibility index (Phi) is 5.72. The van der Waals surface area contributed by atoms with Crippen molar-refractivity contribution < 1.29 is 28.9 Å². The predicted octanol–water partition coefficient (Wildman–Crippen LogP) is 3.40. The fourth-order valence-electron chi connectivity index (χ4n) is 3.19. The Labute approximate surface area is 167 Å². The van der Waals surface area contributed by atoms with Gasteiger partial charge in [0.1, 0.15) is 29.1 Å². The van der Waals surface area contributed by atoms with Crippen molar-refractivity contribution in [3.63, 3.8) is 0 Å². The number of methoxy groups -OCH3 is 1. The average molecular weight is 398 g/mol. The van der Waals surface area contributed by atoms with Crippen LogP contribution in [0.1, 0.15) is 35.9 Å². The molecule has 2 heterocycles. The zero-order valence-corrected chi connectivity index (χ0v) is 16.3. The lowest BCUT2D eigenvalue weighted by Crippen LogP contribution is -2.49. The minimum absolute atomic E-state index is 0.331. The number of fused-ring (bicyclic) bond motifs is 3. The van der Waals surface area contributed by atoms with Crippen molar-refractivity contribution in [3.8, 4) is 5.75 Å². The van der Waals surface area contributed by atoms with Gasteiger partial charge in [0, 0.05) is 18.6 Å². The molecule has 4 rings (SSSR count). The van der Waals surface area contributed by atoms with Crippen molar-refractivity contribution in [1.82, 2.24) is 0 Å². The van der Waals surface area contributed by atoms with E-state index in [0.29, 0.717) is 22.5 Å². The van der Waals surface area contributed by atoms with Crippen LogP contribution in [0.15, 0.2) is 63.8 Å². The van der Waals surface area contributed by atoms with E-state index < -0.39 is 29.4 Å². The molecular formula is C22H22O7. The highest BCUT2D eigenvalue weighted by molar-refractivity contribution is 5.87. The number of carboxylic acid groups (broad SMARTS) is 1. The van der Waals surface area contributed by atoms with E-state index in [-0.39, 0.29) is 0 Å². The van der Waals surface area contributed by atoms with Crippen molar-refractivity contribution in [2.45, 2.75) is 31.7 Å². The molecule has 0 saturated carbocycles. The summed E-state index contributed by atoms with van der Waals surface area (Å²) in [5, 5.41) is 19.6. The molecular weight excluding hydrogens is 376 g/mol. The van der Waals surface area contributed by atoms with Crippen LogP contribution in [0.5, 0.6) is 5.75 Å². The molecule has 0 bridgehead atoms. The lowest BCUT2D eigenvalue weighted by Gasteiger charge is -2.41. The van der Waals surface area contributed by atoms with Gasteiger partial charge < -0.3 is 24.1 Å². The molecule has 0 saturated heterocycles. The summed E-state index contributed by atoms with van der Waals surface area (Å²) >= 11 is 0. The lowest BCUT2D eigenvalue weighted by molar-refractivity contribution is -0.123. The lowest BCUT2D eigenvalue weighted by atomic mass is 9.87. The summed E-state index contributed by atoms with van der Waals surface area (Å²) in [7, 11) is 1.51. The molecule has 2 atom stereocenters. The van der Waals surface area contributed by atoms with Crippen molar-refractivity contribution in [2.75, 3.05) is 7.11 Å². The minimum Gasteiger partial charge on any atom is -0.485 e. The Bertz CT molecular complexity index is 1070. The molecule has 2 aromatic carbocycles. The second-order valence-electron chi connectivity index (χ2n) is 7.13. The Morgan fingerprint density at radius 3 is 2.31 bits per heavy atom. The molecule has 7 heteroatoms. The highest BCUT2D eigenvalue weighted by Crippen LogP contribution is 2.44. The molecule has 0 fully saturated rings.